The lowest BCUT2D eigenvalue weighted by atomic mass is 10.1. The summed E-state index contributed by atoms with van der Waals surface area (Å²) < 4.78 is 5.86. The van der Waals surface area contributed by atoms with Crippen molar-refractivity contribution >= 4 is 0 Å². The topological polar surface area (TPSA) is 21.3 Å². The van der Waals surface area contributed by atoms with Gasteiger partial charge >= 0.3 is 0 Å². The van der Waals surface area contributed by atoms with Gasteiger partial charge < -0.3 is 10.1 Å². The van der Waals surface area contributed by atoms with Crippen molar-refractivity contribution in [1.29, 1.82) is 0 Å². The van der Waals surface area contributed by atoms with E-state index >= 15 is 0 Å². The summed E-state index contributed by atoms with van der Waals surface area (Å²) >= 11 is 0. The number of hydrogen-bond donors (Lipinski definition) is 1. The summed E-state index contributed by atoms with van der Waals surface area (Å²) in [7, 11) is 0. The van der Waals surface area contributed by atoms with E-state index < -0.39 is 0 Å². The molecule has 1 N–H and O–H groups in total. The predicted molar refractivity (Wildman–Crippen MR) is 53.5 cm³/mol. The van der Waals surface area contributed by atoms with Crippen LogP contribution in [0.15, 0.2) is 0 Å². The Balaban J connectivity index is 3.86. The van der Waals surface area contributed by atoms with Gasteiger partial charge in [0.1, 0.15) is 0 Å². The molecule has 0 rings (SSSR count). The molecule has 0 saturated heterocycles. The van der Waals surface area contributed by atoms with E-state index in [4.69, 9.17) is 4.74 Å². The van der Waals surface area contributed by atoms with Crippen LogP contribution in [-0.2, 0) is 4.74 Å². The molecule has 0 spiro atoms. The summed E-state index contributed by atoms with van der Waals surface area (Å²) in [5.74, 6) is 0. The Morgan fingerprint density at radius 3 is 1.92 bits per heavy atom. The molecule has 0 aromatic rings. The number of likely N-dealkylation sites (N-methyl/N-ethyl adjacent to an activating group) is 1. The molecule has 0 aromatic carbocycles. The van der Waals surface area contributed by atoms with E-state index in [1.165, 1.54) is 0 Å². The van der Waals surface area contributed by atoms with Crippen LogP contribution >= 0.6 is 0 Å². The largest absolute Gasteiger partial charge is 0.369 e. The molecule has 0 atom stereocenters. The quantitative estimate of drug-likeness (QED) is 0.703. The van der Waals surface area contributed by atoms with Gasteiger partial charge in [0.25, 0.3) is 0 Å². The van der Waals surface area contributed by atoms with E-state index in [1.807, 2.05) is 0 Å². The van der Waals surface area contributed by atoms with Gasteiger partial charge in [0.2, 0.25) is 0 Å². The summed E-state index contributed by atoms with van der Waals surface area (Å²) in [5, 5.41) is 3.29. The molecule has 0 aromatic heterocycles. The van der Waals surface area contributed by atoms with Gasteiger partial charge in [0.15, 0.2) is 0 Å². The molecule has 0 radical (unpaired) electrons. The highest BCUT2D eigenvalue weighted by Gasteiger charge is 2.24. The van der Waals surface area contributed by atoms with Gasteiger partial charge in [-0.1, -0.05) is 6.92 Å². The fraction of sp³-hybridized carbons (Fsp3) is 1.00. The molecular weight excluding hydrogens is 150 g/mol. The van der Waals surface area contributed by atoms with Crippen molar-refractivity contribution in [2.45, 2.75) is 52.7 Å². The molecule has 74 valence electrons. The van der Waals surface area contributed by atoms with Crippen molar-refractivity contribution in [1.82, 2.24) is 5.32 Å². The minimum Gasteiger partial charge on any atom is -0.369 e. The molecule has 0 heterocycles. The zero-order valence-corrected chi connectivity index (χ0v) is 9.32. The Bertz CT molecular complexity index is 124. The van der Waals surface area contributed by atoms with Crippen LogP contribution in [0.25, 0.3) is 0 Å². The summed E-state index contributed by atoms with van der Waals surface area (Å²) in [5.41, 5.74) is -0.132. The molecule has 0 fully saturated rings. The fourth-order valence-corrected chi connectivity index (χ4v) is 1.29. The van der Waals surface area contributed by atoms with Gasteiger partial charge in [-0.05, 0) is 41.2 Å². The monoisotopic (exact) mass is 173 g/mol. The number of ether oxygens (including phenoxy) is 1. The van der Waals surface area contributed by atoms with Gasteiger partial charge in [0.05, 0.1) is 11.2 Å². The average Bonchev–Trinajstić information content (AvgIpc) is 1.78. The van der Waals surface area contributed by atoms with Crippen LogP contribution in [0.3, 0.4) is 0 Å². The second kappa shape index (κ2) is 4.24. The molecule has 12 heavy (non-hydrogen) atoms. The van der Waals surface area contributed by atoms with Gasteiger partial charge in [0, 0.05) is 6.54 Å². The van der Waals surface area contributed by atoms with Gasteiger partial charge in [-0.15, -0.1) is 0 Å². The Kier molecular flexibility index (Phi) is 4.21. The molecule has 0 amide bonds. The number of nitrogens with one attached hydrogen (secondary N) is 1. The van der Waals surface area contributed by atoms with Gasteiger partial charge in [-0.2, -0.15) is 0 Å². The molecule has 0 aliphatic rings. The highest BCUT2D eigenvalue weighted by atomic mass is 16.5. The maximum absolute atomic E-state index is 5.86. The van der Waals surface area contributed by atoms with Crippen molar-refractivity contribution in [2.75, 3.05) is 13.1 Å². The Labute approximate surface area is 76.7 Å². The number of hydrogen-bond acceptors (Lipinski definition) is 2. The molecule has 0 bridgehead atoms. The first kappa shape index (κ1) is 11.9. The minimum absolute atomic E-state index is 0.0566. The third-order valence-electron chi connectivity index (χ3n) is 1.38. The smallest absolute Gasteiger partial charge is 0.0757 e. The minimum atomic E-state index is -0.0751. The van der Waals surface area contributed by atoms with E-state index in [0.29, 0.717) is 0 Å². The van der Waals surface area contributed by atoms with E-state index in [0.717, 1.165) is 13.1 Å². The maximum atomic E-state index is 5.86. The van der Waals surface area contributed by atoms with Crippen LogP contribution in [0, 0.1) is 0 Å². The summed E-state index contributed by atoms with van der Waals surface area (Å²) in [6.45, 7) is 14.5. The van der Waals surface area contributed by atoms with E-state index in [2.05, 4.69) is 46.9 Å². The first-order chi connectivity index (χ1) is 5.27. The normalized spacial score (nSPS) is 13.5. The van der Waals surface area contributed by atoms with E-state index in [9.17, 15) is 0 Å². The van der Waals surface area contributed by atoms with Crippen LogP contribution in [0.5, 0.6) is 0 Å². The molecule has 2 heteroatoms. The highest BCUT2D eigenvalue weighted by Crippen LogP contribution is 2.18. The summed E-state index contributed by atoms with van der Waals surface area (Å²) in [4.78, 5) is 0. The second-order valence-corrected chi connectivity index (χ2v) is 4.75. The van der Waals surface area contributed by atoms with Crippen LogP contribution in [0.1, 0.15) is 41.5 Å². The molecule has 0 saturated carbocycles. The zero-order valence-electron chi connectivity index (χ0n) is 9.32. The molecule has 2 nitrogen and oxygen atoms in total. The lowest BCUT2D eigenvalue weighted by Gasteiger charge is -2.33. The molecular formula is C10H23NO. The van der Waals surface area contributed by atoms with Crippen molar-refractivity contribution < 1.29 is 4.74 Å². The third kappa shape index (κ3) is 6.62. The number of rotatable bonds is 4. The van der Waals surface area contributed by atoms with Gasteiger partial charge in [-0.25, -0.2) is 0 Å². The lowest BCUT2D eigenvalue weighted by molar-refractivity contribution is -0.110. The Morgan fingerprint density at radius 1 is 1.08 bits per heavy atom. The van der Waals surface area contributed by atoms with E-state index in [1.54, 1.807) is 0 Å². The lowest BCUT2D eigenvalue weighted by Crippen LogP contribution is -2.42. The van der Waals surface area contributed by atoms with Crippen molar-refractivity contribution in [3.63, 3.8) is 0 Å². The van der Waals surface area contributed by atoms with Gasteiger partial charge in [-0.3, -0.25) is 0 Å². The first-order valence-electron chi connectivity index (χ1n) is 4.68. The van der Waals surface area contributed by atoms with E-state index in [-0.39, 0.29) is 11.2 Å². The summed E-state index contributed by atoms with van der Waals surface area (Å²) in [6.07, 6.45) is 0. The molecule has 0 unspecified atom stereocenters. The van der Waals surface area contributed by atoms with Crippen LogP contribution in [0.4, 0.5) is 0 Å². The maximum Gasteiger partial charge on any atom is 0.0757 e. The third-order valence-corrected chi connectivity index (χ3v) is 1.38. The standard InChI is InChI=1S/C10H23NO/c1-7-11-8-10(5,6)12-9(2,3)4/h11H,7-8H2,1-6H3. The Morgan fingerprint density at radius 2 is 1.58 bits per heavy atom. The summed E-state index contributed by atoms with van der Waals surface area (Å²) in [6, 6.07) is 0. The van der Waals surface area contributed by atoms with Crippen molar-refractivity contribution in [2.24, 2.45) is 0 Å². The van der Waals surface area contributed by atoms with Crippen LogP contribution in [0.2, 0.25) is 0 Å². The average molecular weight is 173 g/mol. The van der Waals surface area contributed by atoms with Crippen LogP contribution < -0.4 is 5.32 Å². The van der Waals surface area contributed by atoms with Crippen molar-refractivity contribution in [3.05, 3.63) is 0 Å². The first-order valence-corrected chi connectivity index (χ1v) is 4.68. The Hall–Kier alpha value is -0.0800. The predicted octanol–water partition coefficient (Wildman–Crippen LogP) is 2.19. The van der Waals surface area contributed by atoms with Crippen LogP contribution in [-0.4, -0.2) is 24.3 Å². The second-order valence-electron chi connectivity index (χ2n) is 4.75. The SMILES string of the molecule is CCNCC(C)(C)OC(C)(C)C. The fourth-order valence-electron chi connectivity index (χ4n) is 1.29. The zero-order chi connectivity index (χ0) is 9.83. The van der Waals surface area contributed by atoms with Crippen molar-refractivity contribution in [3.8, 4) is 0 Å². The highest BCUT2D eigenvalue weighted by molar-refractivity contribution is 4.76. The molecule has 0 aliphatic heterocycles. The molecule has 0 aliphatic carbocycles.